The van der Waals surface area contributed by atoms with Crippen LogP contribution in [-0.2, 0) is 0 Å². The molecule has 1 unspecified atom stereocenters. The lowest BCUT2D eigenvalue weighted by Gasteiger charge is -2.25. The Hall–Kier alpha value is -0.540. The molecule has 0 radical (unpaired) electrons. The van der Waals surface area contributed by atoms with E-state index in [1.807, 2.05) is 25.1 Å². The van der Waals surface area contributed by atoms with Gasteiger partial charge >= 0.3 is 0 Å². The van der Waals surface area contributed by atoms with E-state index < -0.39 is 0 Å². The van der Waals surface area contributed by atoms with Crippen LogP contribution in [0.25, 0.3) is 0 Å². The molecule has 2 nitrogen and oxygen atoms in total. The molecule has 0 saturated heterocycles. The van der Waals surface area contributed by atoms with E-state index in [9.17, 15) is 0 Å². The highest BCUT2D eigenvalue weighted by atomic mass is 79.9. The lowest BCUT2D eigenvalue weighted by molar-refractivity contribution is 0.105. The summed E-state index contributed by atoms with van der Waals surface area (Å²) >= 11 is 3.52. The van der Waals surface area contributed by atoms with E-state index in [1.54, 1.807) is 0 Å². The van der Waals surface area contributed by atoms with Gasteiger partial charge in [-0.25, -0.2) is 0 Å². The monoisotopic (exact) mass is 285 g/mol. The van der Waals surface area contributed by atoms with Gasteiger partial charge in [0.05, 0.1) is 0 Å². The van der Waals surface area contributed by atoms with Gasteiger partial charge in [-0.05, 0) is 44.9 Å². The van der Waals surface area contributed by atoms with Crippen LogP contribution in [0.3, 0.4) is 0 Å². The Kier molecular flexibility index (Phi) is 4.39. The average molecular weight is 286 g/mol. The van der Waals surface area contributed by atoms with Gasteiger partial charge < -0.3 is 10.5 Å². The first-order valence-electron chi connectivity index (χ1n) is 5.60. The molecule has 0 aliphatic rings. The van der Waals surface area contributed by atoms with Gasteiger partial charge in [-0.15, -0.1) is 0 Å². The van der Waals surface area contributed by atoms with Crippen molar-refractivity contribution in [3.05, 3.63) is 28.2 Å². The first-order chi connectivity index (χ1) is 7.35. The normalized spacial score (nSPS) is 13.6. The molecule has 1 atom stereocenters. The summed E-state index contributed by atoms with van der Waals surface area (Å²) in [5.74, 6) is 0.878. The largest absolute Gasteiger partial charge is 0.488 e. The van der Waals surface area contributed by atoms with Crippen LogP contribution in [0.5, 0.6) is 5.75 Å². The number of hydrogen-bond acceptors (Lipinski definition) is 2. The van der Waals surface area contributed by atoms with Crippen LogP contribution in [0.1, 0.15) is 45.7 Å². The quantitative estimate of drug-likeness (QED) is 0.906. The second-order valence-corrected chi connectivity index (χ2v) is 5.54. The summed E-state index contributed by atoms with van der Waals surface area (Å²) in [5, 5.41) is 0. The smallest absolute Gasteiger partial charge is 0.121 e. The highest BCUT2D eigenvalue weighted by Crippen LogP contribution is 2.29. The van der Waals surface area contributed by atoms with Crippen molar-refractivity contribution < 1.29 is 4.74 Å². The van der Waals surface area contributed by atoms with E-state index in [4.69, 9.17) is 10.5 Å². The number of ether oxygens (including phenoxy) is 1. The highest BCUT2D eigenvalue weighted by Gasteiger charge is 2.17. The van der Waals surface area contributed by atoms with Crippen molar-refractivity contribution in [3.63, 3.8) is 0 Å². The van der Waals surface area contributed by atoms with Crippen LogP contribution in [-0.4, -0.2) is 5.60 Å². The Morgan fingerprint density at radius 1 is 1.44 bits per heavy atom. The van der Waals surface area contributed by atoms with Gasteiger partial charge in [0.1, 0.15) is 11.4 Å². The number of rotatable bonds is 4. The summed E-state index contributed by atoms with van der Waals surface area (Å²) < 4.78 is 6.90. The topological polar surface area (TPSA) is 35.2 Å². The third kappa shape index (κ3) is 3.49. The Morgan fingerprint density at radius 2 is 2.06 bits per heavy atom. The van der Waals surface area contributed by atoms with E-state index in [1.165, 1.54) is 0 Å². The van der Waals surface area contributed by atoms with E-state index in [0.717, 1.165) is 22.2 Å². The number of hydrogen-bond donors (Lipinski definition) is 1. The molecule has 0 saturated carbocycles. The second kappa shape index (κ2) is 5.19. The van der Waals surface area contributed by atoms with Crippen molar-refractivity contribution in [2.75, 3.05) is 0 Å². The first kappa shape index (κ1) is 13.5. The molecule has 0 aromatic heterocycles. The number of halogens is 1. The molecule has 1 aromatic rings. The molecule has 3 heteroatoms. The molecule has 2 N–H and O–H groups in total. The fraction of sp³-hybridized carbons (Fsp3) is 0.538. The molecule has 0 bridgehead atoms. The summed E-state index contributed by atoms with van der Waals surface area (Å²) in [4.78, 5) is 0. The van der Waals surface area contributed by atoms with Crippen LogP contribution in [0.4, 0.5) is 0 Å². The Balaban J connectivity index is 2.90. The first-order valence-corrected chi connectivity index (χ1v) is 6.39. The zero-order chi connectivity index (χ0) is 12.3. The predicted octanol–water partition coefficient (Wildman–Crippen LogP) is 4.04. The van der Waals surface area contributed by atoms with Gasteiger partial charge in [0.15, 0.2) is 0 Å². The van der Waals surface area contributed by atoms with Crippen LogP contribution >= 0.6 is 15.9 Å². The maximum Gasteiger partial charge on any atom is 0.121 e. The molecule has 0 amide bonds. The minimum atomic E-state index is -0.130. The van der Waals surface area contributed by atoms with Crippen molar-refractivity contribution in [3.8, 4) is 5.75 Å². The minimum absolute atomic E-state index is 0.0302. The lowest BCUT2D eigenvalue weighted by Crippen LogP contribution is -2.26. The Morgan fingerprint density at radius 3 is 2.50 bits per heavy atom. The van der Waals surface area contributed by atoms with Gasteiger partial charge in [0, 0.05) is 10.5 Å². The van der Waals surface area contributed by atoms with E-state index in [0.29, 0.717) is 0 Å². The third-order valence-electron chi connectivity index (χ3n) is 2.71. The summed E-state index contributed by atoms with van der Waals surface area (Å²) in [7, 11) is 0. The average Bonchev–Trinajstić information content (AvgIpc) is 2.16. The molecule has 90 valence electrons. The summed E-state index contributed by atoms with van der Waals surface area (Å²) in [6, 6.07) is 6.00. The Labute approximate surface area is 106 Å². The molecule has 0 heterocycles. The maximum absolute atomic E-state index is 5.90. The van der Waals surface area contributed by atoms with E-state index in [2.05, 4.69) is 36.7 Å². The minimum Gasteiger partial charge on any atom is -0.488 e. The fourth-order valence-corrected chi connectivity index (χ4v) is 2.05. The van der Waals surface area contributed by atoms with Gasteiger partial charge in [-0.2, -0.15) is 0 Å². The van der Waals surface area contributed by atoms with Crippen molar-refractivity contribution >= 4 is 15.9 Å². The summed E-state index contributed by atoms with van der Waals surface area (Å²) in [6.45, 7) is 8.25. The zero-order valence-electron chi connectivity index (χ0n) is 10.4. The van der Waals surface area contributed by atoms with Crippen molar-refractivity contribution in [1.29, 1.82) is 0 Å². The van der Waals surface area contributed by atoms with Crippen LogP contribution in [0.2, 0.25) is 0 Å². The van der Waals surface area contributed by atoms with Crippen molar-refractivity contribution in [2.45, 2.75) is 45.8 Å². The molecule has 1 aromatic carbocycles. The van der Waals surface area contributed by atoms with Crippen LogP contribution in [0.15, 0.2) is 22.7 Å². The molecular formula is C13H20BrNO. The van der Waals surface area contributed by atoms with E-state index >= 15 is 0 Å². The van der Waals surface area contributed by atoms with E-state index in [-0.39, 0.29) is 11.6 Å². The Bertz CT molecular complexity index is 361. The summed E-state index contributed by atoms with van der Waals surface area (Å²) in [5.41, 5.74) is 6.82. The maximum atomic E-state index is 5.90. The number of nitrogens with two attached hydrogens (primary N) is 1. The van der Waals surface area contributed by atoms with Crippen molar-refractivity contribution in [2.24, 2.45) is 5.73 Å². The standard InChI is InChI=1S/C13H20BrNO/c1-5-13(3,4)16-10-6-7-11(9(2)15)12(14)8-10/h6-9H,5,15H2,1-4H3. The molecule has 0 aliphatic carbocycles. The SMILES string of the molecule is CCC(C)(C)Oc1ccc(C(C)N)c(Br)c1. The zero-order valence-corrected chi connectivity index (χ0v) is 12.0. The second-order valence-electron chi connectivity index (χ2n) is 4.69. The molecule has 0 fully saturated rings. The van der Waals surface area contributed by atoms with Gasteiger partial charge in [0.2, 0.25) is 0 Å². The predicted molar refractivity (Wildman–Crippen MR) is 71.7 cm³/mol. The lowest BCUT2D eigenvalue weighted by atomic mass is 10.1. The van der Waals surface area contributed by atoms with Gasteiger partial charge in [-0.3, -0.25) is 0 Å². The van der Waals surface area contributed by atoms with Gasteiger partial charge in [-0.1, -0.05) is 28.9 Å². The van der Waals surface area contributed by atoms with Crippen molar-refractivity contribution in [1.82, 2.24) is 0 Å². The molecule has 1 rings (SSSR count). The third-order valence-corrected chi connectivity index (χ3v) is 3.39. The highest BCUT2D eigenvalue weighted by molar-refractivity contribution is 9.10. The fourth-order valence-electron chi connectivity index (χ4n) is 1.33. The summed E-state index contributed by atoms with van der Waals surface area (Å²) in [6.07, 6.45) is 0.972. The molecular weight excluding hydrogens is 266 g/mol. The van der Waals surface area contributed by atoms with Crippen LogP contribution < -0.4 is 10.5 Å². The molecule has 0 aliphatic heterocycles. The molecule has 16 heavy (non-hydrogen) atoms. The van der Waals surface area contributed by atoms with Gasteiger partial charge in [0.25, 0.3) is 0 Å². The molecule has 0 spiro atoms. The van der Waals surface area contributed by atoms with Crippen LogP contribution in [0, 0.1) is 0 Å². The number of benzene rings is 1.